The van der Waals surface area contributed by atoms with Crippen molar-refractivity contribution < 1.29 is 18.3 Å². The molecule has 2 aromatic rings. The summed E-state index contributed by atoms with van der Waals surface area (Å²) in [5.74, 6) is -0.937. The van der Waals surface area contributed by atoms with Gasteiger partial charge in [0.05, 0.1) is 20.5 Å². The lowest BCUT2D eigenvalue weighted by atomic mass is 9.77. The fourth-order valence-corrected chi connectivity index (χ4v) is 5.94. The molecule has 7 nitrogen and oxygen atoms in total. The number of piperidine rings is 1. The van der Waals surface area contributed by atoms with Crippen LogP contribution in [0, 0.1) is 5.41 Å². The van der Waals surface area contributed by atoms with Gasteiger partial charge in [-0.05, 0) is 37.5 Å². The predicted molar refractivity (Wildman–Crippen MR) is 95.4 cm³/mol. The van der Waals surface area contributed by atoms with Crippen molar-refractivity contribution in [1.82, 2.24) is 9.29 Å². The lowest BCUT2D eigenvalue weighted by molar-refractivity contribution is -0.151. The van der Waals surface area contributed by atoms with E-state index in [0.29, 0.717) is 42.4 Å². The van der Waals surface area contributed by atoms with Crippen molar-refractivity contribution in [2.45, 2.75) is 37.5 Å². The molecule has 0 radical (unpaired) electrons. The predicted octanol–water partition coefficient (Wildman–Crippen LogP) is 2.25. The van der Waals surface area contributed by atoms with E-state index in [0.717, 1.165) is 11.3 Å². The third-order valence-corrected chi connectivity index (χ3v) is 7.44. The second-order valence-electron chi connectivity index (χ2n) is 6.45. The molecule has 1 saturated heterocycles. The first-order valence-corrected chi connectivity index (χ1v) is 10.4. The number of thiazole rings is 1. The molecule has 1 aromatic carbocycles. The van der Waals surface area contributed by atoms with Crippen molar-refractivity contribution in [1.29, 1.82) is 0 Å². The van der Waals surface area contributed by atoms with Crippen LogP contribution >= 0.6 is 11.3 Å². The number of H-pyrrole nitrogens is 1. The Morgan fingerprint density at radius 3 is 2.88 bits per heavy atom. The average Bonchev–Trinajstić information content (AvgIpc) is 2.94. The minimum absolute atomic E-state index is 0.0140. The molecule has 1 atom stereocenters. The summed E-state index contributed by atoms with van der Waals surface area (Å²) < 4.78 is 27.8. The van der Waals surface area contributed by atoms with Gasteiger partial charge in [0.25, 0.3) is 0 Å². The summed E-state index contributed by atoms with van der Waals surface area (Å²) in [5, 5.41) is 9.66. The number of carboxylic acids is 1. The number of rotatable bonds is 5. The normalized spacial score (nSPS) is 22.3. The standard InChI is InChI=1S/C16H20N2O5S2/c1-2-6-16(14(19)20)7-3-8-18(10-16)25(22,23)11-4-5-12-13(9-11)24-15(21)17-12/h4-5,9H,2-3,6-8,10H2,1H3,(H,17,21)(H,19,20). The summed E-state index contributed by atoms with van der Waals surface area (Å²) in [7, 11) is -3.81. The molecule has 3 rings (SSSR count). The molecular weight excluding hydrogens is 364 g/mol. The number of hydrogen-bond acceptors (Lipinski definition) is 5. The van der Waals surface area contributed by atoms with Crippen LogP contribution in [-0.4, -0.2) is 41.9 Å². The number of nitrogens with zero attached hydrogens (tertiary/aromatic N) is 1. The molecule has 2 N–H and O–H groups in total. The molecule has 0 amide bonds. The highest BCUT2D eigenvalue weighted by atomic mass is 32.2. The van der Waals surface area contributed by atoms with Crippen LogP contribution in [0.1, 0.15) is 32.6 Å². The highest BCUT2D eigenvalue weighted by Gasteiger charge is 2.44. The van der Waals surface area contributed by atoms with Crippen molar-refractivity contribution in [3.8, 4) is 0 Å². The highest BCUT2D eigenvalue weighted by molar-refractivity contribution is 7.89. The van der Waals surface area contributed by atoms with Gasteiger partial charge < -0.3 is 10.1 Å². The van der Waals surface area contributed by atoms with Gasteiger partial charge in [-0.15, -0.1) is 0 Å². The Morgan fingerprint density at radius 1 is 1.44 bits per heavy atom. The Balaban J connectivity index is 1.97. The molecule has 136 valence electrons. The summed E-state index contributed by atoms with van der Waals surface area (Å²) in [5.41, 5.74) is -0.429. The lowest BCUT2D eigenvalue weighted by Gasteiger charge is -2.39. The summed E-state index contributed by atoms with van der Waals surface area (Å²) in [6.07, 6.45) is 2.14. The zero-order valence-electron chi connectivity index (χ0n) is 13.8. The van der Waals surface area contributed by atoms with E-state index in [2.05, 4.69) is 4.98 Å². The van der Waals surface area contributed by atoms with Gasteiger partial charge in [-0.1, -0.05) is 24.7 Å². The first kappa shape index (κ1) is 18.1. The Hall–Kier alpha value is -1.71. The molecule has 1 aliphatic heterocycles. The van der Waals surface area contributed by atoms with Gasteiger partial charge in [-0.25, -0.2) is 8.42 Å². The second-order valence-corrected chi connectivity index (χ2v) is 9.40. The number of benzene rings is 1. The Bertz CT molecular complexity index is 958. The van der Waals surface area contributed by atoms with Crippen LogP contribution < -0.4 is 4.87 Å². The van der Waals surface area contributed by atoms with Gasteiger partial charge in [-0.3, -0.25) is 9.59 Å². The molecule has 0 saturated carbocycles. The van der Waals surface area contributed by atoms with E-state index >= 15 is 0 Å². The van der Waals surface area contributed by atoms with E-state index in [9.17, 15) is 23.1 Å². The third kappa shape index (κ3) is 3.23. The first-order chi connectivity index (χ1) is 11.8. The molecule has 25 heavy (non-hydrogen) atoms. The maximum atomic E-state index is 13.0. The van der Waals surface area contributed by atoms with Gasteiger partial charge in [0.2, 0.25) is 10.0 Å². The summed E-state index contributed by atoms with van der Waals surface area (Å²) in [6.45, 7) is 2.20. The molecule has 0 aliphatic carbocycles. The molecule has 1 unspecified atom stereocenters. The summed E-state index contributed by atoms with van der Waals surface area (Å²) in [6, 6.07) is 4.50. The van der Waals surface area contributed by atoms with Gasteiger partial charge >= 0.3 is 10.8 Å². The molecule has 2 heterocycles. The van der Waals surface area contributed by atoms with Crippen LogP contribution in [0.2, 0.25) is 0 Å². The molecule has 9 heteroatoms. The third-order valence-electron chi connectivity index (χ3n) is 4.75. The number of aliphatic carboxylic acids is 1. The summed E-state index contributed by atoms with van der Waals surface area (Å²) in [4.78, 5) is 25.7. The number of carbonyl (C=O) groups is 1. The van der Waals surface area contributed by atoms with E-state index in [1.165, 1.54) is 16.4 Å². The number of sulfonamides is 1. The largest absolute Gasteiger partial charge is 0.481 e. The number of hydrogen-bond donors (Lipinski definition) is 2. The molecular formula is C16H20N2O5S2. The van der Waals surface area contributed by atoms with E-state index < -0.39 is 21.4 Å². The molecule has 1 aliphatic rings. The van der Waals surface area contributed by atoms with Crippen LogP contribution in [0.3, 0.4) is 0 Å². The maximum absolute atomic E-state index is 13.0. The SMILES string of the molecule is CCCC1(C(=O)O)CCCN(S(=O)(=O)c2ccc3[nH]c(=O)sc3c2)C1. The smallest absolute Gasteiger partial charge is 0.310 e. The van der Waals surface area contributed by atoms with Crippen LogP contribution in [0.4, 0.5) is 0 Å². The van der Waals surface area contributed by atoms with Crippen molar-refractivity contribution in [3.05, 3.63) is 27.9 Å². The van der Waals surface area contributed by atoms with Crippen molar-refractivity contribution in [2.75, 3.05) is 13.1 Å². The van der Waals surface area contributed by atoms with E-state index in [4.69, 9.17) is 0 Å². The van der Waals surface area contributed by atoms with Crippen molar-refractivity contribution >= 4 is 37.5 Å². The van der Waals surface area contributed by atoms with Crippen molar-refractivity contribution in [2.24, 2.45) is 5.41 Å². The van der Waals surface area contributed by atoms with Gasteiger partial charge in [-0.2, -0.15) is 4.31 Å². The van der Waals surface area contributed by atoms with Crippen LogP contribution in [0.15, 0.2) is 27.9 Å². The molecule has 1 aromatic heterocycles. The molecule has 0 spiro atoms. The van der Waals surface area contributed by atoms with Crippen molar-refractivity contribution in [3.63, 3.8) is 0 Å². The monoisotopic (exact) mass is 384 g/mol. The lowest BCUT2D eigenvalue weighted by Crippen LogP contribution is -2.49. The number of aromatic amines is 1. The van der Waals surface area contributed by atoms with Crippen LogP contribution in [-0.2, 0) is 14.8 Å². The minimum Gasteiger partial charge on any atom is -0.481 e. The zero-order valence-corrected chi connectivity index (χ0v) is 15.5. The quantitative estimate of drug-likeness (QED) is 0.822. The molecule has 0 bridgehead atoms. The number of nitrogens with one attached hydrogen (secondary N) is 1. The Labute approximate surface area is 149 Å². The van der Waals surface area contributed by atoms with E-state index in [-0.39, 0.29) is 16.3 Å². The average molecular weight is 384 g/mol. The number of aromatic nitrogens is 1. The minimum atomic E-state index is -3.81. The second kappa shape index (κ2) is 6.54. The fraction of sp³-hybridized carbons (Fsp3) is 0.500. The van der Waals surface area contributed by atoms with Crippen LogP contribution in [0.5, 0.6) is 0 Å². The number of carboxylic acid groups (broad SMARTS) is 1. The van der Waals surface area contributed by atoms with Gasteiger partial charge in [0, 0.05) is 13.1 Å². The number of fused-ring (bicyclic) bond motifs is 1. The topological polar surface area (TPSA) is 108 Å². The fourth-order valence-electron chi connectivity index (χ4n) is 3.49. The maximum Gasteiger partial charge on any atom is 0.310 e. The van der Waals surface area contributed by atoms with E-state index in [1.807, 2.05) is 6.92 Å². The zero-order chi connectivity index (χ0) is 18.2. The Kier molecular flexibility index (Phi) is 4.74. The van der Waals surface area contributed by atoms with Gasteiger partial charge in [0.1, 0.15) is 0 Å². The Morgan fingerprint density at radius 2 is 2.20 bits per heavy atom. The summed E-state index contributed by atoms with van der Waals surface area (Å²) >= 11 is 0.954. The first-order valence-electron chi connectivity index (χ1n) is 8.15. The van der Waals surface area contributed by atoms with Crippen LogP contribution in [0.25, 0.3) is 10.2 Å². The highest BCUT2D eigenvalue weighted by Crippen LogP contribution is 2.37. The van der Waals surface area contributed by atoms with E-state index in [1.54, 1.807) is 6.07 Å². The molecule has 1 fully saturated rings. The van der Waals surface area contributed by atoms with Gasteiger partial charge in [0.15, 0.2) is 0 Å².